The van der Waals surface area contributed by atoms with E-state index in [0.29, 0.717) is 28.2 Å². The molecule has 0 amide bonds. The van der Waals surface area contributed by atoms with Crippen molar-refractivity contribution in [3.8, 4) is 11.5 Å². The summed E-state index contributed by atoms with van der Waals surface area (Å²) in [5.74, 6) is 2.86. The van der Waals surface area contributed by atoms with E-state index in [2.05, 4.69) is 10.2 Å². The Bertz CT molecular complexity index is 948. The maximum atomic E-state index is 6.23. The molecule has 1 atom stereocenters. The van der Waals surface area contributed by atoms with Gasteiger partial charge in [0.25, 0.3) is 0 Å². The third-order valence-corrected chi connectivity index (χ3v) is 5.69. The fourth-order valence-corrected chi connectivity index (χ4v) is 4.14. The van der Waals surface area contributed by atoms with Gasteiger partial charge in [0.15, 0.2) is 28.6 Å². The second-order valence-corrected chi connectivity index (χ2v) is 7.57. The quantitative estimate of drug-likeness (QED) is 0.573. The van der Waals surface area contributed by atoms with Gasteiger partial charge in [0.1, 0.15) is 6.61 Å². The van der Waals surface area contributed by atoms with Gasteiger partial charge in [-0.2, -0.15) is 0 Å². The second-order valence-electron chi connectivity index (χ2n) is 5.79. The molecule has 1 aliphatic heterocycles. The molecule has 2 heterocycles. The van der Waals surface area contributed by atoms with E-state index >= 15 is 0 Å². The Hall–Kier alpha value is -1.89. The van der Waals surface area contributed by atoms with Gasteiger partial charge >= 0.3 is 0 Å². The number of nitrogens with zero attached hydrogens (tertiary/aromatic N) is 3. The van der Waals surface area contributed by atoms with Crippen molar-refractivity contribution in [3.63, 3.8) is 0 Å². The van der Waals surface area contributed by atoms with Gasteiger partial charge in [-0.25, -0.2) is 0 Å². The van der Waals surface area contributed by atoms with Gasteiger partial charge in [0.2, 0.25) is 0 Å². The summed E-state index contributed by atoms with van der Waals surface area (Å²) >= 11 is 13.7. The smallest absolute Gasteiger partial charge is 0.192 e. The van der Waals surface area contributed by atoms with Gasteiger partial charge in [0, 0.05) is 22.8 Å². The van der Waals surface area contributed by atoms with Gasteiger partial charge in [-0.05, 0) is 29.8 Å². The fourth-order valence-electron chi connectivity index (χ4n) is 2.66. The molecule has 5 nitrogen and oxygen atoms in total. The number of para-hydroxylation sites is 2. The van der Waals surface area contributed by atoms with Crippen LogP contribution >= 0.6 is 35.0 Å². The van der Waals surface area contributed by atoms with Crippen LogP contribution in [0.25, 0.3) is 0 Å². The average Bonchev–Trinajstić information content (AvgIpc) is 3.01. The molecule has 0 aliphatic carbocycles. The van der Waals surface area contributed by atoms with E-state index in [9.17, 15) is 0 Å². The normalized spacial score (nSPS) is 15.9. The molecule has 1 aromatic heterocycles. The zero-order chi connectivity index (χ0) is 18.1. The Morgan fingerprint density at radius 3 is 2.77 bits per heavy atom. The summed E-state index contributed by atoms with van der Waals surface area (Å²) in [4.78, 5) is 0. The maximum Gasteiger partial charge on any atom is 0.192 e. The fraction of sp³-hybridized carbons (Fsp3) is 0.222. The van der Waals surface area contributed by atoms with Crippen LogP contribution < -0.4 is 9.47 Å². The first kappa shape index (κ1) is 17.5. The Morgan fingerprint density at radius 2 is 1.96 bits per heavy atom. The standard InChI is InChI=1S/C18H15Cl2N3O2S/c1-23-17(16-9-24-14-4-2-3-5-15(14)25-16)21-22-18(23)26-10-11-6-7-12(19)8-13(11)20/h2-8,16H,9-10H2,1H3. The summed E-state index contributed by atoms with van der Waals surface area (Å²) in [7, 11) is 1.92. The zero-order valence-corrected chi connectivity index (χ0v) is 16.2. The summed E-state index contributed by atoms with van der Waals surface area (Å²) in [5.41, 5.74) is 0.997. The number of halogens is 2. The SMILES string of the molecule is Cn1c(SCc2ccc(Cl)cc2Cl)nnc1C1COc2ccccc2O1. The molecule has 134 valence electrons. The number of hydrogen-bond acceptors (Lipinski definition) is 5. The van der Waals surface area contributed by atoms with Crippen LogP contribution in [0.5, 0.6) is 11.5 Å². The van der Waals surface area contributed by atoms with Crippen LogP contribution in [0.4, 0.5) is 0 Å². The van der Waals surface area contributed by atoms with Crippen molar-refractivity contribution in [1.82, 2.24) is 14.8 Å². The molecule has 0 saturated heterocycles. The minimum Gasteiger partial charge on any atom is -0.485 e. The highest BCUT2D eigenvalue weighted by Gasteiger charge is 2.27. The van der Waals surface area contributed by atoms with Crippen LogP contribution in [0.1, 0.15) is 17.5 Å². The molecule has 0 spiro atoms. The predicted molar refractivity (Wildman–Crippen MR) is 102 cm³/mol. The van der Waals surface area contributed by atoms with Crippen LogP contribution in [-0.4, -0.2) is 21.4 Å². The largest absolute Gasteiger partial charge is 0.485 e. The molecule has 1 unspecified atom stereocenters. The average molecular weight is 408 g/mol. The summed E-state index contributed by atoms with van der Waals surface area (Å²) in [6, 6.07) is 13.1. The zero-order valence-electron chi connectivity index (χ0n) is 13.9. The first-order valence-electron chi connectivity index (χ1n) is 7.96. The van der Waals surface area contributed by atoms with E-state index in [-0.39, 0.29) is 6.10 Å². The summed E-state index contributed by atoms with van der Waals surface area (Å²) < 4.78 is 13.7. The van der Waals surface area contributed by atoms with Gasteiger partial charge in [-0.1, -0.05) is 53.2 Å². The maximum absolute atomic E-state index is 6.23. The van der Waals surface area contributed by atoms with Crippen molar-refractivity contribution in [2.24, 2.45) is 7.05 Å². The first-order chi connectivity index (χ1) is 12.6. The highest BCUT2D eigenvalue weighted by atomic mass is 35.5. The van der Waals surface area contributed by atoms with E-state index in [1.54, 1.807) is 17.8 Å². The number of aromatic nitrogens is 3. The van der Waals surface area contributed by atoms with E-state index < -0.39 is 0 Å². The number of fused-ring (bicyclic) bond motifs is 1. The molecule has 0 fully saturated rings. The molecule has 0 N–H and O–H groups in total. The number of hydrogen-bond donors (Lipinski definition) is 0. The van der Waals surface area contributed by atoms with Crippen LogP contribution in [0.3, 0.4) is 0 Å². The second kappa shape index (κ2) is 7.39. The van der Waals surface area contributed by atoms with Crippen LogP contribution in [-0.2, 0) is 12.8 Å². The molecular formula is C18H15Cl2N3O2S. The highest BCUT2D eigenvalue weighted by Crippen LogP contribution is 2.36. The van der Waals surface area contributed by atoms with E-state index in [1.807, 2.05) is 48.0 Å². The lowest BCUT2D eigenvalue weighted by atomic mass is 10.2. The lowest BCUT2D eigenvalue weighted by molar-refractivity contribution is 0.0825. The topological polar surface area (TPSA) is 49.2 Å². The minimum absolute atomic E-state index is 0.295. The Morgan fingerprint density at radius 1 is 1.15 bits per heavy atom. The highest BCUT2D eigenvalue weighted by molar-refractivity contribution is 7.98. The van der Waals surface area contributed by atoms with Gasteiger partial charge < -0.3 is 14.0 Å². The third-order valence-electron chi connectivity index (χ3n) is 4.04. The monoisotopic (exact) mass is 407 g/mol. The molecule has 26 heavy (non-hydrogen) atoms. The van der Waals surface area contributed by atoms with Crippen molar-refractivity contribution in [2.45, 2.75) is 17.0 Å². The molecule has 4 rings (SSSR count). The molecule has 8 heteroatoms. The van der Waals surface area contributed by atoms with Gasteiger partial charge in [-0.15, -0.1) is 10.2 Å². The third kappa shape index (κ3) is 3.49. The number of thioether (sulfide) groups is 1. The number of rotatable bonds is 4. The summed E-state index contributed by atoms with van der Waals surface area (Å²) in [6.07, 6.45) is -0.295. The number of benzene rings is 2. The van der Waals surface area contributed by atoms with E-state index in [4.69, 9.17) is 32.7 Å². The van der Waals surface area contributed by atoms with Crippen molar-refractivity contribution in [3.05, 3.63) is 63.9 Å². The molecule has 0 bridgehead atoms. The summed E-state index contributed by atoms with van der Waals surface area (Å²) in [6.45, 7) is 0.399. The summed E-state index contributed by atoms with van der Waals surface area (Å²) in [5, 5.41) is 10.6. The Balaban J connectivity index is 1.48. The molecule has 0 radical (unpaired) electrons. The first-order valence-corrected chi connectivity index (χ1v) is 9.70. The van der Waals surface area contributed by atoms with Crippen molar-refractivity contribution < 1.29 is 9.47 Å². The Kier molecular flexibility index (Phi) is 4.98. The van der Waals surface area contributed by atoms with Crippen LogP contribution in [0.15, 0.2) is 47.6 Å². The Labute approximate surface area is 165 Å². The van der Waals surface area contributed by atoms with Gasteiger partial charge in [-0.3, -0.25) is 0 Å². The van der Waals surface area contributed by atoms with Crippen molar-refractivity contribution in [2.75, 3.05) is 6.61 Å². The molecule has 3 aromatic rings. The number of ether oxygens (including phenoxy) is 2. The van der Waals surface area contributed by atoms with E-state index in [0.717, 1.165) is 22.3 Å². The predicted octanol–water partition coefficient (Wildman–Crippen LogP) is 4.93. The molecule has 2 aromatic carbocycles. The van der Waals surface area contributed by atoms with Crippen LogP contribution in [0.2, 0.25) is 10.0 Å². The lowest BCUT2D eigenvalue weighted by Gasteiger charge is -2.25. The van der Waals surface area contributed by atoms with Crippen molar-refractivity contribution >= 4 is 35.0 Å². The van der Waals surface area contributed by atoms with Gasteiger partial charge in [0.05, 0.1) is 0 Å². The minimum atomic E-state index is -0.295. The molecule has 1 aliphatic rings. The molecule has 0 saturated carbocycles. The van der Waals surface area contributed by atoms with E-state index in [1.165, 1.54) is 0 Å². The van der Waals surface area contributed by atoms with Crippen LogP contribution in [0, 0.1) is 0 Å². The lowest BCUT2D eigenvalue weighted by Crippen LogP contribution is -2.24. The van der Waals surface area contributed by atoms with Crippen molar-refractivity contribution in [1.29, 1.82) is 0 Å². The molecular weight excluding hydrogens is 393 g/mol.